The lowest BCUT2D eigenvalue weighted by atomic mass is 9.95. The standard InChI is InChI=1S/C21H27FN2O8/c1-4-31-17(26)11-15(21(30)32-5-2)18(20(28)29)24-19(27)16(23-12(3)25)10-13-6-8-14(22)9-7-13/h6-9,15-16,18H,4-5,10-11H2,1-3H3,(H,23,25)(H,24,27)(H,28,29)/t15-,16-,18-/m1/s1. The van der Waals surface area contributed by atoms with Gasteiger partial charge in [-0.3, -0.25) is 19.2 Å². The van der Waals surface area contributed by atoms with Crippen LogP contribution in [-0.4, -0.2) is 60.1 Å². The fourth-order valence-corrected chi connectivity index (χ4v) is 2.89. The highest BCUT2D eigenvalue weighted by Gasteiger charge is 2.39. The van der Waals surface area contributed by atoms with Gasteiger partial charge in [0.25, 0.3) is 0 Å². The molecule has 0 saturated heterocycles. The lowest BCUT2D eigenvalue weighted by Crippen LogP contribution is -2.55. The number of amides is 2. The molecule has 0 bridgehead atoms. The van der Waals surface area contributed by atoms with Crippen LogP contribution in [0.2, 0.25) is 0 Å². The van der Waals surface area contributed by atoms with Gasteiger partial charge in [-0.15, -0.1) is 0 Å². The number of rotatable bonds is 12. The number of nitrogens with one attached hydrogen (secondary N) is 2. The molecule has 0 radical (unpaired) electrons. The van der Waals surface area contributed by atoms with Crippen molar-refractivity contribution >= 4 is 29.7 Å². The molecule has 0 fully saturated rings. The molecule has 3 atom stereocenters. The monoisotopic (exact) mass is 454 g/mol. The summed E-state index contributed by atoms with van der Waals surface area (Å²) in [5.41, 5.74) is 0.501. The fourth-order valence-electron chi connectivity index (χ4n) is 2.89. The van der Waals surface area contributed by atoms with E-state index in [2.05, 4.69) is 10.6 Å². The molecule has 1 aromatic carbocycles. The van der Waals surface area contributed by atoms with Crippen LogP contribution in [0, 0.1) is 11.7 Å². The van der Waals surface area contributed by atoms with Crippen LogP contribution in [0.1, 0.15) is 32.8 Å². The molecular formula is C21H27FN2O8. The molecule has 32 heavy (non-hydrogen) atoms. The number of carbonyl (C=O) groups is 5. The van der Waals surface area contributed by atoms with Gasteiger partial charge in [-0.1, -0.05) is 12.1 Å². The second-order valence-corrected chi connectivity index (χ2v) is 6.78. The van der Waals surface area contributed by atoms with Gasteiger partial charge >= 0.3 is 17.9 Å². The summed E-state index contributed by atoms with van der Waals surface area (Å²) in [5, 5.41) is 14.2. The molecule has 11 heteroatoms. The van der Waals surface area contributed by atoms with Gasteiger partial charge in [0.05, 0.1) is 25.6 Å². The molecule has 0 aliphatic carbocycles. The fraction of sp³-hybridized carbons (Fsp3) is 0.476. The van der Waals surface area contributed by atoms with Crippen LogP contribution in [0.5, 0.6) is 0 Å². The van der Waals surface area contributed by atoms with Crippen molar-refractivity contribution in [3.8, 4) is 0 Å². The van der Waals surface area contributed by atoms with E-state index in [1.165, 1.54) is 38.1 Å². The van der Waals surface area contributed by atoms with Crippen molar-refractivity contribution < 1.29 is 42.9 Å². The van der Waals surface area contributed by atoms with Crippen molar-refractivity contribution in [3.63, 3.8) is 0 Å². The van der Waals surface area contributed by atoms with E-state index in [1.54, 1.807) is 6.92 Å². The van der Waals surface area contributed by atoms with E-state index in [1.807, 2.05) is 0 Å². The Morgan fingerprint density at radius 3 is 2.09 bits per heavy atom. The predicted molar refractivity (Wildman–Crippen MR) is 109 cm³/mol. The molecule has 0 aliphatic heterocycles. The number of carbonyl (C=O) groups excluding carboxylic acids is 4. The Morgan fingerprint density at radius 2 is 1.59 bits per heavy atom. The highest BCUT2D eigenvalue weighted by Crippen LogP contribution is 2.15. The summed E-state index contributed by atoms with van der Waals surface area (Å²) in [7, 11) is 0. The number of carboxylic acids is 1. The van der Waals surface area contributed by atoms with E-state index in [4.69, 9.17) is 9.47 Å². The third-order valence-electron chi connectivity index (χ3n) is 4.29. The number of carboxylic acid groups (broad SMARTS) is 1. The minimum Gasteiger partial charge on any atom is -0.480 e. The number of aliphatic carboxylic acids is 1. The highest BCUT2D eigenvalue weighted by molar-refractivity contribution is 5.93. The molecule has 0 spiro atoms. The van der Waals surface area contributed by atoms with Gasteiger partial charge in [0.1, 0.15) is 17.9 Å². The zero-order valence-corrected chi connectivity index (χ0v) is 18.1. The van der Waals surface area contributed by atoms with Crippen molar-refractivity contribution in [2.75, 3.05) is 13.2 Å². The van der Waals surface area contributed by atoms with E-state index in [-0.39, 0.29) is 19.6 Å². The van der Waals surface area contributed by atoms with Crippen LogP contribution < -0.4 is 10.6 Å². The van der Waals surface area contributed by atoms with Gasteiger partial charge in [-0.05, 0) is 31.5 Å². The summed E-state index contributed by atoms with van der Waals surface area (Å²) >= 11 is 0. The van der Waals surface area contributed by atoms with Crippen LogP contribution in [-0.2, 0) is 39.9 Å². The number of benzene rings is 1. The Bertz CT molecular complexity index is 828. The molecular weight excluding hydrogens is 427 g/mol. The molecule has 10 nitrogen and oxygen atoms in total. The molecule has 0 aromatic heterocycles. The van der Waals surface area contributed by atoms with Gasteiger partial charge in [-0.25, -0.2) is 9.18 Å². The first-order chi connectivity index (χ1) is 15.1. The second-order valence-electron chi connectivity index (χ2n) is 6.78. The van der Waals surface area contributed by atoms with Crippen LogP contribution in [0.4, 0.5) is 4.39 Å². The van der Waals surface area contributed by atoms with Crippen molar-refractivity contribution in [2.45, 2.75) is 45.7 Å². The molecule has 0 unspecified atom stereocenters. The van der Waals surface area contributed by atoms with Crippen molar-refractivity contribution in [2.24, 2.45) is 5.92 Å². The first kappa shape index (κ1) is 26.5. The third kappa shape index (κ3) is 8.70. The maximum atomic E-state index is 13.1. The Morgan fingerprint density at radius 1 is 1.00 bits per heavy atom. The molecule has 0 saturated carbocycles. The molecule has 1 rings (SSSR count). The minimum atomic E-state index is -1.82. The zero-order chi connectivity index (χ0) is 24.3. The lowest BCUT2D eigenvalue weighted by Gasteiger charge is -2.25. The van der Waals surface area contributed by atoms with Crippen molar-refractivity contribution in [1.29, 1.82) is 0 Å². The number of hydrogen-bond donors (Lipinski definition) is 3. The first-order valence-corrected chi connectivity index (χ1v) is 9.95. The van der Waals surface area contributed by atoms with Gasteiger partial charge in [0, 0.05) is 13.3 Å². The number of halogens is 1. The quantitative estimate of drug-likeness (QED) is 0.388. The van der Waals surface area contributed by atoms with Gasteiger partial charge in [0.2, 0.25) is 11.8 Å². The molecule has 1 aromatic rings. The van der Waals surface area contributed by atoms with E-state index in [9.17, 15) is 33.5 Å². The summed E-state index contributed by atoms with van der Waals surface area (Å²) in [4.78, 5) is 60.5. The summed E-state index contributed by atoms with van der Waals surface area (Å²) in [6.45, 7) is 4.16. The summed E-state index contributed by atoms with van der Waals surface area (Å²) < 4.78 is 22.8. The minimum absolute atomic E-state index is 0.0146. The van der Waals surface area contributed by atoms with E-state index < -0.39 is 60.0 Å². The van der Waals surface area contributed by atoms with E-state index in [0.717, 1.165) is 0 Å². The Labute approximate surface area is 184 Å². The summed E-state index contributed by atoms with van der Waals surface area (Å²) in [6.07, 6.45) is -0.702. The number of ether oxygens (including phenoxy) is 2. The summed E-state index contributed by atoms with van der Waals surface area (Å²) in [5.74, 6) is -6.93. The normalized spacial score (nSPS) is 13.2. The van der Waals surface area contributed by atoms with Crippen molar-refractivity contribution in [1.82, 2.24) is 10.6 Å². The smallest absolute Gasteiger partial charge is 0.327 e. The van der Waals surface area contributed by atoms with Crippen LogP contribution in [0.25, 0.3) is 0 Å². The van der Waals surface area contributed by atoms with Gasteiger partial charge in [-0.2, -0.15) is 0 Å². The average molecular weight is 454 g/mol. The Kier molecular flexibility index (Phi) is 10.8. The van der Waals surface area contributed by atoms with E-state index in [0.29, 0.717) is 5.56 Å². The number of esters is 2. The maximum Gasteiger partial charge on any atom is 0.327 e. The van der Waals surface area contributed by atoms with Gasteiger partial charge < -0.3 is 25.2 Å². The topological polar surface area (TPSA) is 148 Å². The van der Waals surface area contributed by atoms with Crippen LogP contribution in [0.3, 0.4) is 0 Å². The van der Waals surface area contributed by atoms with Crippen LogP contribution >= 0.6 is 0 Å². The Balaban J connectivity index is 3.13. The predicted octanol–water partition coefficient (Wildman–Crippen LogP) is 0.575. The van der Waals surface area contributed by atoms with Crippen molar-refractivity contribution in [3.05, 3.63) is 35.6 Å². The molecule has 0 aliphatic rings. The van der Waals surface area contributed by atoms with Gasteiger partial charge in [0.15, 0.2) is 0 Å². The highest BCUT2D eigenvalue weighted by atomic mass is 19.1. The SMILES string of the molecule is CCOC(=O)C[C@@H](C(=O)OCC)[C@@H](NC(=O)[C@@H](Cc1ccc(F)cc1)NC(C)=O)C(=O)O. The molecule has 176 valence electrons. The Hall–Kier alpha value is -3.50. The molecule has 0 heterocycles. The molecule has 3 N–H and O–H groups in total. The third-order valence-corrected chi connectivity index (χ3v) is 4.29. The zero-order valence-electron chi connectivity index (χ0n) is 18.1. The maximum absolute atomic E-state index is 13.1. The van der Waals surface area contributed by atoms with Crippen LogP contribution in [0.15, 0.2) is 24.3 Å². The average Bonchev–Trinajstić information content (AvgIpc) is 2.71. The second kappa shape index (κ2) is 13.0. The lowest BCUT2D eigenvalue weighted by molar-refractivity contribution is -0.160. The largest absolute Gasteiger partial charge is 0.480 e. The summed E-state index contributed by atoms with van der Waals surface area (Å²) in [6, 6.07) is 2.13. The first-order valence-electron chi connectivity index (χ1n) is 9.95. The van der Waals surface area contributed by atoms with E-state index >= 15 is 0 Å². The molecule has 2 amide bonds. The number of hydrogen-bond acceptors (Lipinski definition) is 7.